The summed E-state index contributed by atoms with van der Waals surface area (Å²) in [5.41, 5.74) is 1.49. The molecule has 17 heavy (non-hydrogen) atoms. The van der Waals surface area contributed by atoms with Crippen LogP contribution in [0.5, 0.6) is 0 Å². The van der Waals surface area contributed by atoms with Crippen molar-refractivity contribution >= 4 is 27.6 Å². The Labute approximate surface area is 109 Å². The zero-order valence-corrected chi connectivity index (χ0v) is 11.2. The number of carbonyl (C=O) groups is 1. The van der Waals surface area contributed by atoms with E-state index in [1.807, 2.05) is 12.1 Å². The summed E-state index contributed by atoms with van der Waals surface area (Å²) in [5, 5.41) is 0. The molecule has 1 saturated heterocycles. The molecule has 0 unspecified atom stereocenters. The highest BCUT2D eigenvalue weighted by molar-refractivity contribution is 9.10. The van der Waals surface area contributed by atoms with E-state index in [0.717, 1.165) is 23.2 Å². The number of carbonyl (C=O) groups excluding carboxylic acids is 1. The number of halogens is 1. The van der Waals surface area contributed by atoms with Crippen molar-refractivity contribution in [1.82, 2.24) is 0 Å². The lowest BCUT2D eigenvalue weighted by atomic mass is 10.1. The average molecular weight is 300 g/mol. The summed E-state index contributed by atoms with van der Waals surface area (Å²) < 4.78 is 11.0. The third kappa shape index (κ3) is 2.79. The van der Waals surface area contributed by atoms with E-state index in [-0.39, 0.29) is 5.97 Å². The fraction of sp³-hybridized carbons (Fsp3) is 0.417. The fourth-order valence-corrected chi connectivity index (χ4v) is 2.22. The first kappa shape index (κ1) is 12.4. The molecule has 1 aliphatic heterocycles. The number of esters is 1. The van der Waals surface area contributed by atoms with Gasteiger partial charge >= 0.3 is 5.97 Å². The summed E-state index contributed by atoms with van der Waals surface area (Å²) in [6, 6.07) is 5.65. The molecule has 0 aromatic heterocycles. The molecule has 0 spiro atoms. The first-order valence-corrected chi connectivity index (χ1v) is 6.22. The Morgan fingerprint density at radius 3 is 2.76 bits per heavy atom. The minimum absolute atomic E-state index is 0.312. The maximum absolute atomic E-state index is 11.7. The number of methoxy groups -OCH3 is 1. The highest BCUT2D eigenvalue weighted by Gasteiger charge is 2.19. The molecule has 0 amide bonds. The largest absolute Gasteiger partial charge is 0.465 e. The Balaban J connectivity index is 2.34. The number of benzene rings is 1. The molecule has 4 nitrogen and oxygen atoms in total. The predicted octanol–water partition coefficient (Wildman–Crippen LogP) is 2.07. The molecule has 1 fully saturated rings. The van der Waals surface area contributed by atoms with Crippen LogP contribution in [0.15, 0.2) is 22.7 Å². The van der Waals surface area contributed by atoms with Crippen molar-refractivity contribution in [3.8, 4) is 0 Å². The Hall–Kier alpha value is -1.07. The van der Waals surface area contributed by atoms with E-state index in [4.69, 9.17) is 9.47 Å². The molecule has 2 rings (SSSR count). The number of anilines is 1. The first-order valence-electron chi connectivity index (χ1n) is 5.43. The van der Waals surface area contributed by atoms with Crippen LogP contribution in [-0.4, -0.2) is 39.4 Å². The van der Waals surface area contributed by atoms with Crippen molar-refractivity contribution in [3.05, 3.63) is 28.2 Å². The Kier molecular flexibility index (Phi) is 4.02. The molecule has 1 heterocycles. The van der Waals surface area contributed by atoms with Gasteiger partial charge in [-0.2, -0.15) is 0 Å². The molecular formula is C12H14BrNO3. The van der Waals surface area contributed by atoms with Crippen LogP contribution in [0.3, 0.4) is 0 Å². The topological polar surface area (TPSA) is 38.8 Å². The Morgan fingerprint density at radius 1 is 1.41 bits per heavy atom. The molecule has 0 aliphatic carbocycles. The van der Waals surface area contributed by atoms with Crippen LogP contribution in [0.4, 0.5) is 5.69 Å². The Morgan fingerprint density at radius 2 is 2.12 bits per heavy atom. The van der Waals surface area contributed by atoms with Crippen LogP contribution in [0, 0.1) is 0 Å². The summed E-state index contributed by atoms with van der Waals surface area (Å²) in [4.78, 5) is 13.9. The van der Waals surface area contributed by atoms with E-state index in [1.165, 1.54) is 7.11 Å². The van der Waals surface area contributed by atoms with Crippen molar-refractivity contribution in [3.63, 3.8) is 0 Å². The maximum Gasteiger partial charge on any atom is 0.340 e. The number of hydrogen-bond acceptors (Lipinski definition) is 4. The molecule has 1 aromatic carbocycles. The summed E-state index contributed by atoms with van der Waals surface area (Å²) >= 11 is 3.37. The zero-order chi connectivity index (χ0) is 12.3. The minimum atomic E-state index is -0.312. The quantitative estimate of drug-likeness (QED) is 0.784. The monoisotopic (exact) mass is 299 g/mol. The number of hydrogen-bond donors (Lipinski definition) is 0. The highest BCUT2D eigenvalue weighted by Crippen LogP contribution is 2.26. The van der Waals surface area contributed by atoms with Crippen molar-refractivity contribution < 1.29 is 14.3 Å². The van der Waals surface area contributed by atoms with E-state index >= 15 is 0 Å². The second-order valence-electron chi connectivity index (χ2n) is 3.75. The van der Waals surface area contributed by atoms with Gasteiger partial charge in [0.05, 0.1) is 31.6 Å². The number of rotatable bonds is 2. The lowest BCUT2D eigenvalue weighted by Crippen LogP contribution is -2.37. The molecule has 1 aliphatic rings. The van der Waals surface area contributed by atoms with Gasteiger partial charge in [0.2, 0.25) is 0 Å². The van der Waals surface area contributed by atoms with E-state index < -0.39 is 0 Å². The smallest absolute Gasteiger partial charge is 0.340 e. The number of ether oxygens (including phenoxy) is 2. The van der Waals surface area contributed by atoms with E-state index in [2.05, 4.69) is 20.8 Å². The van der Waals surface area contributed by atoms with Gasteiger partial charge in [0, 0.05) is 17.6 Å². The van der Waals surface area contributed by atoms with E-state index in [0.29, 0.717) is 18.8 Å². The van der Waals surface area contributed by atoms with Gasteiger partial charge in [-0.05, 0) is 18.2 Å². The van der Waals surface area contributed by atoms with Crippen LogP contribution in [0.2, 0.25) is 0 Å². The normalized spacial score (nSPS) is 15.8. The standard InChI is InChI=1S/C12H14BrNO3/c1-16-12(15)10-8-9(13)2-3-11(10)14-4-6-17-7-5-14/h2-3,8H,4-7H2,1H3. The molecule has 0 bridgehead atoms. The maximum atomic E-state index is 11.7. The van der Waals surface area contributed by atoms with E-state index in [1.54, 1.807) is 6.07 Å². The van der Waals surface area contributed by atoms with Gasteiger partial charge in [0.15, 0.2) is 0 Å². The van der Waals surface area contributed by atoms with Gasteiger partial charge in [-0.25, -0.2) is 4.79 Å². The van der Waals surface area contributed by atoms with Gasteiger partial charge in [-0.15, -0.1) is 0 Å². The SMILES string of the molecule is COC(=O)c1cc(Br)ccc1N1CCOCC1. The van der Waals surface area contributed by atoms with Crippen molar-refractivity contribution in [2.24, 2.45) is 0 Å². The molecule has 92 valence electrons. The van der Waals surface area contributed by atoms with Crippen LogP contribution < -0.4 is 4.90 Å². The first-order chi connectivity index (χ1) is 8.22. The molecule has 0 saturated carbocycles. The van der Waals surface area contributed by atoms with Gasteiger partial charge in [0.25, 0.3) is 0 Å². The van der Waals surface area contributed by atoms with Crippen LogP contribution in [0.25, 0.3) is 0 Å². The lowest BCUT2D eigenvalue weighted by Gasteiger charge is -2.30. The lowest BCUT2D eigenvalue weighted by molar-refractivity contribution is 0.0600. The third-order valence-corrected chi connectivity index (χ3v) is 3.21. The third-order valence-electron chi connectivity index (χ3n) is 2.72. The minimum Gasteiger partial charge on any atom is -0.465 e. The molecule has 0 radical (unpaired) electrons. The summed E-state index contributed by atoms with van der Waals surface area (Å²) in [6.07, 6.45) is 0. The zero-order valence-electron chi connectivity index (χ0n) is 9.61. The molecule has 5 heteroatoms. The molecule has 0 N–H and O–H groups in total. The van der Waals surface area contributed by atoms with Crippen molar-refractivity contribution in [1.29, 1.82) is 0 Å². The van der Waals surface area contributed by atoms with Gasteiger partial charge in [-0.1, -0.05) is 15.9 Å². The number of morpholine rings is 1. The molecular weight excluding hydrogens is 286 g/mol. The van der Waals surface area contributed by atoms with Crippen LogP contribution >= 0.6 is 15.9 Å². The Bertz CT molecular complexity index is 416. The average Bonchev–Trinajstić information content (AvgIpc) is 2.38. The van der Waals surface area contributed by atoms with E-state index in [9.17, 15) is 4.79 Å². The second kappa shape index (κ2) is 5.51. The van der Waals surface area contributed by atoms with Crippen molar-refractivity contribution in [2.45, 2.75) is 0 Å². The molecule has 0 atom stereocenters. The van der Waals surface area contributed by atoms with Gasteiger partial charge in [-0.3, -0.25) is 0 Å². The fourth-order valence-electron chi connectivity index (χ4n) is 1.86. The van der Waals surface area contributed by atoms with Crippen molar-refractivity contribution in [2.75, 3.05) is 38.3 Å². The van der Waals surface area contributed by atoms with Gasteiger partial charge < -0.3 is 14.4 Å². The summed E-state index contributed by atoms with van der Waals surface area (Å²) in [7, 11) is 1.40. The molecule has 1 aromatic rings. The summed E-state index contributed by atoms with van der Waals surface area (Å²) in [5.74, 6) is -0.312. The predicted molar refractivity (Wildman–Crippen MR) is 68.5 cm³/mol. The van der Waals surface area contributed by atoms with Crippen LogP contribution in [-0.2, 0) is 9.47 Å². The van der Waals surface area contributed by atoms with Crippen LogP contribution in [0.1, 0.15) is 10.4 Å². The summed E-state index contributed by atoms with van der Waals surface area (Å²) in [6.45, 7) is 2.98. The number of nitrogens with zero attached hydrogens (tertiary/aromatic N) is 1. The second-order valence-corrected chi connectivity index (χ2v) is 4.67. The van der Waals surface area contributed by atoms with Gasteiger partial charge in [0.1, 0.15) is 0 Å². The highest BCUT2D eigenvalue weighted by atomic mass is 79.9.